The molecule has 0 atom stereocenters. The van der Waals surface area contributed by atoms with Gasteiger partial charge in [-0.1, -0.05) is 54.6 Å². The van der Waals surface area contributed by atoms with Crippen LogP contribution >= 0.6 is 0 Å². The average molecular weight is 402 g/mol. The van der Waals surface area contributed by atoms with Crippen LogP contribution in [0, 0.1) is 0 Å². The van der Waals surface area contributed by atoms with Crippen LogP contribution in [0.1, 0.15) is 12.0 Å². The lowest BCUT2D eigenvalue weighted by atomic mass is 10.2. The highest BCUT2D eigenvalue weighted by Crippen LogP contribution is 2.08. The number of benzene rings is 2. The molecule has 0 radical (unpaired) electrons. The molecule has 0 spiro atoms. The standard InChI is InChI=1S/C24H26N4O2/c29-23(12-14-28-19-25-22-11-5-4-10-21(22)24(28)30)27-17-15-26(16-18-27)13-6-9-20-7-2-1-3-8-20/h1-11,19H,12-18H2/b9-6+. The predicted molar refractivity (Wildman–Crippen MR) is 119 cm³/mol. The van der Waals surface area contributed by atoms with Crippen molar-refractivity contribution >= 4 is 22.9 Å². The van der Waals surface area contributed by atoms with E-state index in [1.54, 1.807) is 6.07 Å². The highest BCUT2D eigenvalue weighted by atomic mass is 16.2. The average Bonchev–Trinajstić information content (AvgIpc) is 2.80. The van der Waals surface area contributed by atoms with Crippen LogP contribution in [0.25, 0.3) is 17.0 Å². The fraction of sp³-hybridized carbons (Fsp3) is 0.292. The number of rotatable bonds is 6. The number of aromatic nitrogens is 2. The Balaban J connectivity index is 1.25. The largest absolute Gasteiger partial charge is 0.340 e. The zero-order valence-corrected chi connectivity index (χ0v) is 17.0. The monoisotopic (exact) mass is 402 g/mol. The smallest absolute Gasteiger partial charge is 0.261 e. The molecule has 2 aromatic carbocycles. The van der Waals surface area contributed by atoms with Crippen molar-refractivity contribution in [1.82, 2.24) is 19.4 Å². The Hall–Kier alpha value is -3.25. The number of aryl methyl sites for hydroxylation is 1. The van der Waals surface area contributed by atoms with Gasteiger partial charge in [0, 0.05) is 45.7 Å². The molecular formula is C24H26N4O2. The summed E-state index contributed by atoms with van der Waals surface area (Å²) < 4.78 is 1.53. The molecule has 0 unspecified atom stereocenters. The summed E-state index contributed by atoms with van der Waals surface area (Å²) in [5.74, 6) is 0.0922. The summed E-state index contributed by atoms with van der Waals surface area (Å²) in [4.78, 5) is 33.7. The number of para-hydroxylation sites is 1. The van der Waals surface area contributed by atoms with Crippen molar-refractivity contribution in [2.45, 2.75) is 13.0 Å². The summed E-state index contributed by atoms with van der Waals surface area (Å²) >= 11 is 0. The van der Waals surface area contributed by atoms with Gasteiger partial charge in [-0.05, 0) is 17.7 Å². The van der Waals surface area contributed by atoms with Gasteiger partial charge in [0.25, 0.3) is 5.56 Å². The maximum absolute atomic E-state index is 12.6. The van der Waals surface area contributed by atoms with E-state index < -0.39 is 0 Å². The highest BCUT2D eigenvalue weighted by molar-refractivity contribution is 5.77. The number of amides is 1. The molecule has 1 aliphatic rings. The first-order chi connectivity index (χ1) is 14.7. The Kier molecular flexibility index (Phi) is 6.35. The van der Waals surface area contributed by atoms with Gasteiger partial charge in [0.2, 0.25) is 5.91 Å². The number of hydrogen-bond acceptors (Lipinski definition) is 4. The second kappa shape index (κ2) is 9.50. The van der Waals surface area contributed by atoms with Crippen LogP contribution in [0.4, 0.5) is 0 Å². The van der Waals surface area contributed by atoms with E-state index in [1.165, 1.54) is 16.5 Å². The van der Waals surface area contributed by atoms with Crippen LogP contribution in [0.5, 0.6) is 0 Å². The third kappa shape index (κ3) is 4.83. The Bertz CT molecular complexity index is 1080. The van der Waals surface area contributed by atoms with Crippen molar-refractivity contribution in [3.63, 3.8) is 0 Å². The van der Waals surface area contributed by atoms with Gasteiger partial charge in [0.05, 0.1) is 17.2 Å². The number of nitrogens with zero attached hydrogens (tertiary/aromatic N) is 4. The van der Waals surface area contributed by atoms with Crippen LogP contribution < -0.4 is 5.56 Å². The molecule has 0 saturated carbocycles. The lowest BCUT2D eigenvalue weighted by Crippen LogP contribution is -2.48. The van der Waals surface area contributed by atoms with E-state index >= 15 is 0 Å². The molecule has 4 rings (SSSR count). The van der Waals surface area contributed by atoms with E-state index in [0.29, 0.717) is 23.9 Å². The normalized spacial score (nSPS) is 15.1. The molecule has 154 valence electrons. The zero-order valence-electron chi connectivity index (χ0n) is 17.0. The molecule has 0 bridgehead atoms. The number of piperazine rings is 1. The fourth-order valence-corrected chi connectivity index (χ4v) is 3.72. The van der Waals surface area contributed by atoms with Crippen LogP contribution in [-0.2, 0) is 11.3 Å². The molecule has 1 aromatic heterocycles. The third-order valence-electron chi connectivity index (χ3n) is 5.50. The molecule has 6 heteroatoms. The summed E-state index contributed by atoms with van der Waals surface area (Å²) in [6.07, 6.45) is 6.15. The van der Waals surface area contributed by atoms with E-state index in [0.717, 1.165) is 32.7 Å². The molecule has 1 fully saturated rings. The zero-order chi connectivity index (χ0) is 20.8. The third-order valence-corrected chi connectivity index (χ3v) is 5.50. The summed E-state index contributed by atoms with van der Waals surface area (Å²) in [5, 5.41) is 0.588. The SMILES string of the molecule is O=C(CCn1cnc2ccccc2c1=O)N1CCN(C/C=C/c2ccccc2)CC1. The minimum absolute atomic E-state index is 0.0922. The van der Waals surface area contributed by atoms with Crippen molar-refractivity contribution < 1.29 is 4.79 Å². The van der Waals surface area contributed by atoms with Crippen molar-refractivity contribution in [3.05, 3.63) is 82.9 Å². The Morgan fingerprint density at radius 3 is 2.50 bits per heavy atom. The number of fused-ring (bicyclic) bond motifs is 1. The maximum Gasteiger partial charge on any atom is 0.261 e. The van der Waals surface area contributed by atoms with Gasteiger partial charge in [-0.3, -0.25) is 19.1 Å². The minimum atomic E-state index is -0.0941. The molecule has 0 aliphatic carbocycles. The predicted octanol–water partition coefficient (Wildman–Crippen LogP) is 2.64. The van der Waals surface area contributed by atoms with Crippen molar-refractivity contribution in [2.24, 2.45) is 0 Å². The molecular weight excluding hydrogens is 376 g/mol. The second-order valence-corrected chi connectivity index (χ2v) is 7.50. The molecule has 0 N–H and O–H groups in total. The van der Waals surface area contributed by atoms with Crippen LogP contribution in [-0.4, -0.2) is 58.0 Å². The van der Waals surface area contributed by atoms with E-state index in [1.807, 2.05) is 41.3 Å². The second-order valence-electron chi connectivity index (χ2n) is 7.50. The number of carbonyl (C=O) groups excluding carboxylic acids is 1. The molecule has 3 aromatic rings. The van der Waals surface area contributed by atoms with Crippen molar-refractivity contribution in [2.75, 3.05) is 32.7 Å². The molecule has 6 nitrogen and oxygen atoms in total. The number of hydrogen-bond donors (Lipinski definition) is 0. The number of carbonyl (C=O) groups is 1. The summed E-state index contributed by atoms with van der Waals surface area (Å²) in [6.45, 7) is 4.42. The van der Waals surface area contributed by atoms with Crippen molar-refractivity contribution in [3.8, 4) is 0 Å². The van der Waals surface area contributed by atoms with Crippen LogP contribution in [0.15, 0.2) is 71.8 Å². The molecule has 30 heavy (non-hydrogen) atoms. The first-order valence-corrected chi connectivity index (χ1v) is 10.4. The van der Waals surface area contributed by atoms with Gasteiger partial charge in [0.1, 0.15) is 0 Å². The summed E-state index contributed by atoms with van der Waals surface area (Å²) in [5.41, 5.74) is 1.79. The van der Waals surface area contributed by atoms with Gasteiger partial charge in [0.15, 0.2) is 0 Å². The quantitative estimate of drug-likeness (QED) is 0.636. The lowest BCUT2D eigenvalue weighted by Gasteiger charge is -2.34. The van der Waals surface area contributed by atoms with E-state index in [4.69, 9.17) is 0 Å². The van der Waals surface area contributed by atoms with Gasteiger partial charge >= 0.3 is 0 Å². The molecule has 1 amide bonds. The van der Waals surface area contributed by atoms with Crippen molar-refractivity contribution in [1.29, 1.82) is 0 Å². The Morgan fingerprint density at radius 1 is 0.967 bits per heavy atom. The molecule has 2 heterocycles. The highest BCUT2D eigenvalue weighted by Gasteiger charge is 2.20. The Morgan fingerprint density at radius 2 is 1.70 bits per heavy atom. The molecule has 1 aliphatic heterocycles. The van der Waals surface area contributed by atoms with Gasteiger partial charge in [-0.25, -0.2) is 4.98 Å². The minimum Gasteiger partial charge on any atom is -0.340 e. The first kappa shape index (κ1) is 20.0. The van der Waals surface area contributed by atoms with Crippen LogP contribution in [0.2, 0.25) is 0 Å². The van der Waals surface area contributed by atoms with Crippen LogP contribution in [0.3, 0.4) is 0 Å². The summed E-state index contributed by atoms with van der Waals surface area (Å²) in [7, 11) is 0. The lowest BCUT2D eigenvalue weighted by molar-refractivity contribution is -0.133. The van der Waals surface area contributed by atoms with E-state index in [9.17, 15) is 9.59 Å². The van der Waals surface area contributed by atoms with Gasteiger partial charge < -0.3 is 4.90 Å². The van der Waals surface area contributed by atoms with E-state index in [-0.39, 0.29) is 11.5 Å². The van der Waals surface area contributed by atoms with Gasteiger partial charge in [-0.2, -0.15) is 0 Å². The topological polar surface area (TPSA) is 58.4 Å². The van der Waals surface area contributed by atoms with Gasteiger partial charge in [-0.15, -0.1) is 0 Å². The summed E-state index contributed by atoms with van der Waals surface area (Å²) in [6, 6.07) is 17.5. The molecule has 1 saturated heterocycles. The fourth-order valence-electron chi connectivity index (χ4n) is 3.72. The first-order valence-electron chi connectivity index (χ1n) is 10.4. The maximum atomic E-state index is 12.6. The van der Waals surface area contributed by atoms with E-state index in [2.05, 4.69) is 34.2 Å². The Labute approximate surface area is 176 Å².